The van der Waals surface area contributed by atoms with E-state index in [0.29, 0.717) is 5.56 Å². The molecule has 1 aromatic rings. The Morgan fingerprint density at radius 1 is 1.38 bits per heavy atom. The lowest BCUT2D eigenvalue weighted by atomic mass is 10.0. The van der Waals surface area contributed by atoms with Crippen molar-refractivity contribution in [3.05, 3.63) is 33.8 Å². The van der Waals surface area contributed by atoms with Gasteiger partial charge in [-0.3, -0.25) is 0 Å². The first kappa shape index (κ1) is 10.6. The standard InChI is InChI=1S/C9H10BrF2N/c1-5-6(8(13)9(11)12)3-2-4-7(5)10/h2-4,8-9H,13H2,1H3. The number of hydrogen-bond donors (Lipinski definition) is 1. The predicted octanol–water partition coefficient (Wildman–Crippen LogP) is 3.02. The Bertz CT molecular complexity index is 302. The van der Waals surface area contributed by atoms with Crippen LogP contribution in [0.1, 0.15) is 17.2 Å². The molecule has 0 radical (unpaired) electrons. The Hall–Kier alpha value is -0.480. The van der Waals surface area contributed by atoms with E-state index < -0.39 is 12.5 Å². The summed E-state index contributed by atoms with van der Waals surface area (Å²) in [7, 11) is 0. The van der Waals surface area contributed by atoms with Crippen molar-refractivity contribution in [2.24, 2.45) is 5.73 Å². The topological polar surface area (TPSA) is 26.0 Å². The molecule has 0 aromatic heterocycles. The number of nitrogens with two attached hydrogens (primary N) is 1. The largest absolute Gasteiger partial charge is 0.319 e. The summed E-state index contributed by atoms with van der Waals surface area (Å²) >= 11 is 3.26. The Kier molecular flexibility index (Phi) is 3.39. The van der Waals surface area contributed by atoms with Gasteiger partial charge in [0.1, 0.15) is 0 Å². The average molecular weight is 250 g/mol. The number of alkyl halides is 2. The van der Waals surface area contributed by atoms with Crippen molar-refractivity contribution in [2.45, 2.75) is 19.4 Å². The lowest BCUT2D eigenvalue weighted by Crippen LogP contribution is -2.19. The third kappa shape index (κ3) is 2.25. The molecule has 1 unspecified atom stereocenters. The van der Waals surface area contributed by atoms with Gasteiger partial charge in [0, 0.05) is 4.47 Å². The molecule has 0 amide bonds. The second kappa shape index (κ2) is 4.15. The smallest absolute Gasteiger partial charge is 0.257 e. The van der Waals surface area contributed by atoms with E-state index >= 15 is 0 Å². The molecule has 0 saturated heterocycles. The number of rotatable bonds is 2. The van der Waals surface area contributed by atoms with Crippen LogP contribution >= 0.6 is 15.9 Å². The third-order valence-electron chi connectivity index (χ3n) is 1.94. The minimum atomic E-state index is -2.52. The van der Waals surface area contributed by atoms with E-state index in [1.807, 2.05) is 0 Å². The Balaban J connectivity index is 3.07. The van der Waals surface area contributed by atoms with Crippen molar-refractivity contribution in [2.75, 3.05) is 0 Å². The van der Waals surface area contributed by atoms with Crippen molar-refractivity contribution in [3.8, 4) is 0 Å². The number of hydrogen-bond acceptors (Lipinski definition) is 1. The van der Waals surface area contributed by atoms with E-state index in [1.54, 1.807) is 25.1 Å². The summed E-state index contributed by atoms with van der Waals surface area (Å²) in [6, 6.07) is 3.93. The molecule has 72 valence electrons. The zero-order valence-corrected chi connectivity index (χ0v) is 8.68. The van der Waals surface area contributed by atoms with Gasteiger partial charge in [0.05, 0.1) is 6.04 Å². The first-order valence-corrected chi connectivity index (χ1v) is 4.62. The molecule has 2 N–H and O–H groups in total. The van der Waals surface area contributed by atoms with Crippen LogP contribution in [0.5, 0.6) is 0 Å². The fourth-order valence-electron chi connectivity index (χ4n) is 1.12. The van der Waals surface area contributed by atoms with Gasteiger partial charge < -0.3 is 5.73 Å². The lowest BCUT2D eigenvalue weighted by molar-refractivity contribution is 0.116. The molecule has 0 heterocycles. The molecule has 1 aromatic carbocycles. The van der Waals surface area contributed by atoms with Crippen LogP contribution in [-0.4, -0.2) is 6.43 Å². The summed E-state index contributed by atoms with van der Waals surface area (Å²) < 4.78 is 25.4. The van der Waals surface area contributed by atoms with Crippen molar-refractivity contribution >= 4 is 15.9 Å². The second-order valence-corrected chi connectivity index (χ2v) is 3.67. The van der Waals surface area contributed by atoms with Crippen LogP contribution in [0.15, 0.2) is 22.7 Å². The maximum Gasteiger partial charge on any atom is 0.257 e. The van der Waals surface area contributed by atoms with Gasteiger partial charge in [-0.05, 0) is 24.1 Å². The quantitative estimate of drug-likeness (QED) is 0.857. The van der Waals surface area contributed by atoms with Gasteiger partial charge in [-0.15, -0.1) is 0 Å². The molecule has 0 aliphatic carbocycles. The first-order chi connectivity index (χ1) is 6.04. The summed E-state index contributed by atoms with van der Waals surface area (Å²) in [6.07, 6.45) is -2.52. The Morgan fingerprint density at radius 3 is 2.54 bits per heavy atom. The molecule has 4 heteroatoms. The lowest BCUT2D eigenvalue weighted by Gasteiger charge is -2.14. The van der Waals surface area contributed by atoms with Gasteiger partial charge in [0.25, 0.3) is 6.43 Å². The van der Waals surface area contributed by atoms with Crippen molar-refractivity contribution in [1.29, 1.82) is 0 Å². The maximum absolute atomic E-state index is 12.3. The molecule has 0 bridgehead atoms. The molecule has 13 heavy (non-hydrogen) atoms. The zero-order chi connectivity index (χ0) is 10.0. The Labute approximate surface area is 84.1 Å². The third-order valence-corrected chi connectivity index (χ3v) is 2.80. The van der Waals surface area contributed by atoms with Crippen LogP contribution in [0.4, 0.5) is 8.78 Å². The predicted molar refractivity (Wildman–Crippen MR) is 51.8 cm³/mol. The molecular formula is C9H10BrF2N. The van der Waals surface area contributed by atoms with E-state index in [9.17, 15) is 8.78 Å². The molecule has 1 atom stereocenters. The SMILES string of the molecule is Cc1c(Br)cccc1C(N)C(F)F. The fraction of sp³-hybridized carbons (Fsp3) is 0.333. The van der Waals surface area contributed by atoms with Crippen molar-refractivity contribution in [3.63, 3.8) is 0 Å². The van der Waals surface area contributed by atoms with Crippen LogP contribution in [0, 0.1) is 6.92 Å². The van der Waals surface area contributed by atoms with Gasteiger partial charge >= 0.3 is 0 Å². The second-order valence-electron chi connectivity index (χ2n) is 2.81. The summed E-state index contributed by atoms with van der Waals surface area (Å²) in [5.41, 5.74) is 6.60. The number of halogens is 3. The highest BCUT2D eigenvalue weighted by atomic mass is 79.9. The molecular weight excluding hydrogens is 240 g/mol. The molecule has 0 fully saturated rings. The molecule has 0 aliphatic rings. The van der Waals surface area contributed by atoms with Crippen LogP contribution < -0.4 is 5.73 Å². The van der Waals surface area contributed by atoms with E-state index in [4.69, 9.17) is 5.73 Å². The van der Waals surface area contributed by atoms with Crippen LogP contribution in [0.3, 0.4) is 0 Å². The van der Waals surface area contributed by atoms with Gasteiger partial charge in [0.15, 0.2) is 0 Å². The summed E-state index contributed by atoms with van der Waals surface area (Å²) in [4.78, 5) is 0. The van der Waals surface area contributed by atoms with E-state index in [-0.39, 0.29) is 0 Å². The van der Waals surface area contributed by atoms with Gasteiger partial charge in [0.2, 0.25) is 0 Å². The van der Waals surface area contributed by atoms with Crippen LogP contribution in [-0.2, 0) is 0 Å². The highest BCUT2D eigenvalue weighted by Gasteiger charge is 2.19. The van der Waals surface area contributed by atoms with Gasteiger partial charge in [-0.2, -0.15) is 0 Å². The van der Waals surface area contributed by atoms with Crippen molar-refractivity contribution < 1.29 is 8.78 Å². The average Bonchev–Trinajstić information content (AvgIpc) is 2.08. The molecule has 0 spiro atoms. The van der Waals surface area contributed by atoms with Crippen LogP contribution in [0.25, 0.3) is 0 Å². The number of benzene rings is 1. The van der Waals surface area contributed by atoms with E-state index in [1.165, 1.54) is 0 Å². The highest BCUT2D eigenvalue weighted by Crippen LogP contribution is 2.26. The summed E-state index contributed by atoms with van der Waals surface area (Å²) in [6.45, 7) is 1.77. The molecule has 1 nitrogen and oxygen atoms in total. The summed E-state index contributed by atoms with van der Waals surface area (Å²) in [5, 5.41) is 0. The Morgan fingerprint density at radius 2 is 2.00 bits per heavy atom. The highest BCUT2D eigenvalue weighted by molar-refractivity contribution is 9.10. The minimum Gasteiger partial charge on any atom is -0.319 e. The fourth-order valence-corrected chi connectivity index (χ4v) is 1.50. The maximum atomic E-state index is 12.3. The van der Waals surface area contributed by atoms with E-state index in [0.717, 1.165) is 10.0 Å². The molecule has 0 aliphatic heterocycles. The molecule has 0 saturated carbocycles. The molecule has 1 rings (SSSR count). The van der Waals surface area contributed by atoms with Gasteiger partial charge in [-0.25, -0.2) is 8.78 Å². The normalized spacial score (nSPS) is 13.4. The van der Waals surface area contributed by atoms with Crippen LogP contribution in [0.2, 0.25) is 0 Å². The zero-order valence-electron chi connectivity index (χ0n) is 7.10. The first-order valence-electron chi connectivity index (χ1n) is 3.82. The minimum absolute atomic E-state index is 0.490. The summed E-state index contributed by atoms with van der Waals surface area (Å²) in [5.74, 6) is 0. The van der Waals surface area contributed by atoms with E-state index in [2.05, 4.69) is 15.9 Å². The monoisotopic (exact) mass is 249 g/mol. The van der Waals surface area contributed by atoms with Gasteiger partial charge in [-0.1, -0.05) is 28.1 Å². The van der Waals surface area contributed by atoms with Crippen molar-refractivity contribution in [1.82, 2.24) is 0 Å².